The molecule has 1 aromatic carbocycles. The zero-order valence-corrected chi connectivity index (χ0v) is 10.8. The molecule has 0 aliphatic carbocycles. The molecule has 2 rings (SSSR count). The van der Waals surface area contributed by atoms with E-state index < -0.39 is 0 Å². The highest BCUT2D eigenvalue weighted by Crippen LogP contribution is 2.21. The highest BCUT2D eigenvalue weighted by atomic mass is 15.1. The summed E-state index contributed by atoms with van der Waals surface area (Å²) in [5, 5.41) is 9.33. The molecule has 1 aliphatic heterocycles. The largest absolute Gasteiger partial charge is 0.330 e. The molecule has 0 bridgehead atoms. The number of hydrogen-bond acceptors (Lipinski definition) is 3. The molecule has 0 aromatic heterocycles. The fourth-order valence-corrected chi connectivity index (χ4v) is 2.67. The van der Waals surface area contributed by atoms with Crippen LogP contribution in [0.15, 0.2) is 30.3 Å². The lowest BCUT2D eigenvalue weighted by Crippen LogP contribution is -2.40. The van der Waals surface area contributed by atoms with Gasteiger partial charge < -0.3 is 10.6 Å². The molecule has 1 fully saturated rings. The van der Waals surface area contributed by atoms with Crippen LogP contribution in [0.5, 0.6) is 0 Å². The number of nitrogens with zero attached hydrogens (tertiary/aromatic N) is 2. The van der Waals surface area contributed by atoms with Crippen LogP contribution in [0.4, 0.5) is 0 Å². The molecule has 0 amide bonds. The number of nitriles is 1. The van der Waals surface area contributed by atoms with E-state index in [4.69, 9.17) is 5.73 Å². The van der Waals surface area contributed by atoms with Crippen molar-refractivity contribution in [2.75, 3.05) is 26.2 Å². The van der Waals surface area contributed by atoms with Gasteiger partial charge in [0.15, 0.2) is 0 Å². The van der Waals surface area contributed by atoms with Crippen LogP contribution in [-0.2, 0) is 0 Å². The van der Waals surface area contributed by atoms with Crippen LogP contribution in [0, 0.1) is 17.2 Å². The molecule has 96 valence electrons. The average Bonchev–Trinajstić information content (AvgIpc) is 2.46. The van der Waals surface area contributed by atoms with E-state index in [1.807, 2.05) is 30.3 Å². The first-order valence-corrected chi connectivity index (χ1v) is 6.70. The van der Waals surface area contributed by atoms with E-state index in [-0.39, 0.29) is 5.92 Å². The lowest BCUT2D eigenvalue weighted by Gasteiger charge is -2.33. The predicted octanol–water partition coefficient (Wildman–Crippen LogP) is 1.96. The second-order valence-electron chi connectivity index (χ2n) is 5.10. The van der Waals surface area contributed by atoms with Crippen molar-refractivity contribution in [1.29, 1.82) is 5.26 Å². The Kier molecular flexibility index (Phi) is 4.74. The Hall–Kier alpha value is -1.37. The summed E-state index contributed by atoms with van der Waals surface area (Å²) in [7, 11) is 0. The van der Waals surface area contributed by atoms with Crippen molar-refractivity contribution in [2.45, 2.75) is 18.8 Å². The van der Waals surface area contributed by atoms with E-state index in [1.165, 1.54) is 12.8 Å². The van der Waals surface area contributed by atoms with Crippen molar-refractivity contribution < 1.29 is 0 Å². The fourth-order valence-electron chi connectivity index (χ4n) is 2.67. The van der Waals surface area contributed by atoms with Crippen LogP contribution in [-0.4, -0.2) is 31.1 Å². The van der Waals surface area contributed by atoms with Gasteiger partial charge in [-0.15, -0.1) is 0 Å². The zero-order chi connectivity index (χ0) is 12.8. The number of nitrogens with two attached hydrogens (primary N) is 1. The zero-order valence-electron chi connectivity index (χ0n) is 10.8. The molecular formula is C15H21N3. The van der Waals surface area contributed by atoms with E-state index in [9.17, 15) is 5.26 Å². The van der Waals surface area contributed by atoms with Crippen molar-refractivity contribution in [3.63, 3.8) is 0 Å². The van der Waals surface area contributed by atoms with Crippen molar-refractivity contribution in [3.05, 3.63) is 35.9 Å². The maximum Gasteiger partial charge on any atom is 0.0839 e. The first-order chi connectivity index (χ1) is 8.83. The Morgan fingerprint density at radius 3 is 2.83 bits per heavy atom. The van der Waals surface area contributed by atoms with Gasteiger partial charge in [-0.3, -0.25) is 0 Å². The fraction of sp³-hybridized carbons (Fsp3) is 0.533. The van der Waals surface area contributed by atoms with Gasteiger partial charge >= 0.3 is 0 Å². The SMILES string of the molecule is N#CC(CN1CCCC(CN)C1)c1ccccc1. The molecule has 3 nitrogen and oxygen atoms in total. The number of rotatable bonds is 4. The molecule has 18 heavy (non-hydrogen) atoms. The average molecular weight is 243 g/mol. The van der Waals surface area contributed by atoms with Gasteiger partial charge in [0.25, 0.3) is 0 Å². The summed E-state index contributed by atoms with van der Waals surface area (Å²) in [6, 6.07) is 12.5. The van der Waals surface area contributed by atoms with Crippen LogP contribution in [0.3, 0.4) is 0 Å². The third kappa shape index (κ3) is 3.32. The van der Waals surface area contributed by atoms with Crippen LogP contribution in [0.25, 0.3) is 0 Å². The molecule has 0 spiro atoms. The van der Waals surface area contributed by atoms with Crippen molar-refractivity contribution >= 4 is 0 Å². The number of hydrogen-bond donors (Lipinski definition) is 1. The molecular weight excluding hydrogens is 222 g/mol. The smallest absolute Gasteiger partial charge is 0.0839 e. The molecule has 2 N–H and O–H groups in total. The van der Waals surface area contributed by atoms with E-state index in [2.05, 4.69) is 11.0 Å². The standard InChI is InChI=1S/C15H21N3/c16-9-13-5-4-8-18(11-13)12-15(10-17)14-6-2-1-3-7-14/h1-3,6-7,13,15H,4-5,8-9,11-12,16H2. The monoisotopic (exact) mass is 243 g/mol. The lowest BCUT2D eigenvalue weighted by atomic mass is 9.95. The van der Waals surface area contributed by atoms with Crippen LogP contribution >= 0.6 is 0 Å². The molecule has 1 saturated heterocycles. The second-order valence-corrected chi connectivity index (χ2v) is 5.10. The minimum atomic E-state index is -0.0253. The second kappa shape index (κ2) is 6.53. The molecule has 1 aromatic rings. The summed E-state index contributed by atoms with van der Waals surface area (Å²) in [4.78, 5) is 2.39. The molecule has 0 saturated carbocycles. The minimum Gasteiger partial charge on any atom is -0.330 e. The molecule has 1 aliphatic rings. The highest BCUT2D eigenvalue weighted by molar-refractivity contribution is 5.25. The van der Waals surface area contributed by atoms with Gasteiger partial charge in [0, 0.05) is 13.1 Å². The number of benzene rings is 1. The number of piperidine rings is 1. The predicted molar refractivity (Wildman–Crippen MR) is 73.0 cm³/mol. The van der Waals surface area contributed by atoms with Crippen LogP contribution in [0.1, 0.15) is 24.3 Å². The van der Waals surface area contributed by atoms with Gasteiger partial charge in [0.1, 0.15) is 0 Å². The van der Waals surface area contributed by atoms with Gasteiger partial charge in [-0.2, -0.15) is 5.26 Å². The Labute approximate surface area is 109 Å². The minimum absolute atomic E-state index is 0.0253. The van der Waals surface area contributed by atoms with Crippen molar-refractivity contribution in [3.8, 4) is 6.07 Å². The Bertz CT molecular complexity index is 396. The first kappa shape index (κ1) is 13.1. The van der Waals surface area contributed by atoms with Crippen molar-refractivity contribution in [1.82, 2.24) is 4.90 Å². The first-order valence-electron chi connectivity index (χ1n) is 6.70. The number of likely N-dealkylation sites (tertiary alicyclic amines) is 1. The molecule has 1 heterocycles. The summed E-state index contributed by atoms with van der Waals surface area (Å²) < 4.78 is 0. The Balaban J connectivity index is 1.97. The quantitative estimate of drug-likeness (QED) is 0.879. The lowest BCUT2D eigenvalue weighted by molar-refractivity contribution is 0.175. The van der Waals surface area contributed by atoms with Gasteiger partial charge in [-0.1, -0.05) is 30.3 Å². The summed E-state index contributed by atoms with van der Waals surface area (Å²) in [6.45, 7) is 3.74. The van der Waals surface area contributed by atoms with E-state index in [0.717, 1.165) is 31.7 Å². The van der Waals surface area contributed by atoms with Gasteiger partial charge in [-0.05, 0) is 37.4 Å². The summed E-state index contributed by atoms with van der Waals surface area (Å²) in [6.07, 6.45) is 2.43. The molecule has 0 radical (unpaired) electrons. The molecule has 3 heteroatoms. The van der Waals surface area contributed by atoms with Gasteiger partial charge in [-0.25, -0.2) is 0 Å². The topological polar surface area (TPSA) is 53.0 Å². The third-order valence-corrected chi connectivity index (χ3v) is 3.73. The van der Waals surface area contributed by atoms with E-state index >= 15 is 0 Å². The maximum absolute atomic E-state index is 9.33. The van der Waals surface area contributed by atoms with Crippen LogP contribution in [0.2, 0.25) is 0 Å². The van der Waals surface area contributed by atoms with Gasteiger partial charge in [0.2, 0.25) is 0 Å². The van der Waals surface area contributed by atoms with E-state index in [0.29, 0.717) is 5.92 Å². The van der Waals surface area contributed by atoms with Crippen LogP contribution < -0.4 is 5.73 Å². The summed E-state index contributed by atoms with van der Waals surface area (Å²) in [5.74, 6) is 0.580. The van der Waals surface area contributed by atoms with Crippen molar-refractivity contribution in [2.24, 2.45) is 11.7 Å². The molecule has 2 unspecified atom stereocenters. The van der Waals surface area contributed by atoms with E-state index in [1.54, 1.807) is 0 Å². The summed E-state index contributed by atoms with van der Waals surface area (Å²) >= 11 is 0. The Morgan fingerprint density at radius 2 is 2.17 bits per heavy atom. The molecule has 2 atom stereocenters. The maximum atomic E-state index is 9.33. The Morgan fingerprint density at radius 1 is 1.39 bits per heavy atom. The third-order valence-electron chi connectivity index (χ3n) is 3.73. The van der Waals surface area contributed by atoms with Gasteiger partial charge in [0.05, 0.1) is 12.0 Å². The highest BCUT2D eigenvalue weighted by Gasteiger charge is 2.22. The normalized spacial score (nSPS) is 22.3. The summed E-state index contributed by atoms with van der Waals surface area (Å²) in [5.41, 5.74) is 6.87.